The molecule has 2 heterocycles. The highest BCUT2D eigenvalue weighted by Crippen LogP contribution is 2.33. The molecule has 152 valence electrons. The summed E-state index contributed by atoms with van der Waals surface area (Å²) in [7, 11) is 0. The van der Waals surface area contributed by atoms with Gasteiger partial charge in [-0.15, -0.1) is 5.10 Å². The molecule has 1 amide bonds. The Morgan fingerprint density at radius 1 is 1.10 bits per heavy atom. The topological polar surface area (TPSA) is 88.5 Å². The van der Waals surface area contributed by atoms with E-state index in [1.165, 1.54) is 6.07 Å². The molecule has 2 N–H and O–H groups in total. The molecular weight excluding hydrogens is 404 g/mol. The van der Waals surface area contributed by atoms with Crippen LogP contribution in [0.4, 0.5) is 23.2 Å². The normalized spacial score (nSPS) is 11.5. The van der Waals surface area contributed by atoms with Gasteiger partial charge in [-0.1, -0.05) is 17.3 Å². The number of hydrogen-bond donors (Lipinski definition) is 2. The fourth-order valence-corrected chi connectivity index (χ4v) is 2.81. The van der Waals surface area contributed by atoms with Gasteiger partial charge in [0, 0.05) is 23.6 Å². The zero-order valence-electron chi connectivity index (χ0n) is 15.0. The van der Waals surface area contributed by atoms with Gasteiger partial charge in [0.1, 0.15) is 11.6 Å². The number of nitrogens with one attached hydrogen (secondary N) is 2. The number of aromatic nitrogens is 5. The van der Waals surface area contributed by atoms with Gasteiger partial charge in [0.2, 0.25) is 0 Å². The second-order valence-corrected chi connectivity index (χ2v) is 6.15. The van der Waals surface area contributed by atoms with Crippen LogP contribution < -0.4 is 5.32 Å². The smallest absolute Gasteiger partial charge is 0.345 e. The van der Waals surface area contributed by atoms with Crippen LogP contribution in [0.2, 0.25) is 0 Å². The van der Waals surface area contributed by atoms with E-state index in [4.69, 9.17) is 0 Å². The lowest BCUT2D eigenvalue weighted by Crippen LogP contribution is -2.21. The molecule has 0 atom stereocenters. The number of halogens is 4. The highest BCUT2D eigenvalue weighted by molar-refractivity contribution is 6.04. The number of aromatic amines is 1. The number of H-pyrrole nitrogens is 1. The van der Waals surface area contributed by atoms with E-state index >= 15 is 0 Å². The second kappa shape index (κ2) is 7.43. The number of imidazole rings is 1. The molecule has 0 saturated heterocycles. The van der Waals surface area contributed by atoms with Gasteiger partial charge in [0.25, 0.3) is 5.91 Å². The van der Waals surface area contributed by atoms with Crippen molar-refractivity contribution in [2.45, 2.75) is 6.18 Å². The molecule has 0 unspecified atom stereocenters. The molecular formula is C19H12F4N6O. The molecule has 0 aliphatic rings. The fourth-order valence-electron chi connectivity index (χ4n) is 2.81. The highest BCUT2D eigenvalue weighted by atomic mass is 19.4. The van der Waals surface area contributed by atoms with E-state index < -0.39 is 29.3 Å². The number of anilines is 1. The molecule has 11 heteroatoms. The van der Waals surface area contributed by atoms with Crippen LogP contribution in [0.15, 0.2) is 60.9 Å². The number of amides is 1. The van der Waals surface area contributed by atoms with Gasteiger partial charge in [-0.2, -0.15) is 13.2 Å². The standard InChI is InChI=1S/C19H12F4N6O/c20-12-4-6-14(7-5-12)29-16(19(21,22)23)15(27-28-29)18(30)26-13-3-1-2-11(10-13)17-24-8-9-25-17/h1-10H,(H,24,25)(H,26,30). The predicted octanol–water partition coefficient (Wildman–Crippen LogP) is 4.07. The predicted molar refractivity (Wildman–Crippen MR) is 98.3 cm³/mol. The minimum atomic E-state index is -4.93. The van der Waals surface area contributed by atoms with Crippen molar-refractivity contribution in [1.82, 2.24) is 25.0 Å². The zero-order chi connectivity index (χ0) is 21.3. The van der Waals surface area contributed by atoms with Crippen LogP contribution >= 0.6 is 0 Å². The van der Waals surface area contributed by atoms with Crippen LogP contribution in [0.3, 0.4) is 0 Å². The summed E-state index contributed by atoms with van der Waals surface area (Å²) in [6, 6.07) is 10.6. The number of alkyl halides is 3. The first-order valence-electron chi connectivity index (χ1n) is 8.53. The van der Waals surface area contributed by atoms with Crippen LogP contribution in [0.1, 0.15) is 16.2 Å². The van der Waals surface area contributed by atoms with Crippen molar-refractivity contribution in [3.8, 4) is 17.1 Å². The van der Waals surface area contributed by atoms with Crippen molar-refractivity contribution >= 4 is 11.6 Å². The molecule has 30 heavy (non-hydrogen) atoms. The van der Waals surface area contributed by atoms with Gasteiger partial charge in [0.15, 0.2) is 11.4 Å². The van der Waals surface area contributed by atoms with Crippen LogP contribution in [-0.2, 0) is 6.18 Å². The summed E-state index contributed by atoms with van der Waals surface area (Å²) in [5, 5.41) is 9.26. The molecule has 0 bridgehead atoms. The van der Waals surface area contributed by atoms with E-state index in [-0.39, 0.29) is 11.4 Å². The molecule has 0 radical (unpaired) electrons. The van der Waals surface area contributed by atoms with Gasteiger partial charge in [-0.05, 0) is 36.4 Å². The summed E-state index contributed by atoms with van der Waals surface area (Å²) in [4.78, 5) is 19.5. The van der Waals surface area contributed by atoms with Crippen molar-refractivity contribution in [2.75, 3.05) is 5.32 Å². The van der Waals surface area contributed by atoms with Gasteiger partial charge in [0.05, 0.1) is 5.69 Å². The van der Waals surface area contributed by atoms with Gasteiger partial charge >= 0.3 is 6.18 Å². The molecule has 0 fully saturated rings. The summed E-state index contributed by atoms with van der Waals surface area (Å²) in [5.41, 5.74) is -1.48. The Kier molecular flexibility index (Phi) is 4.78. The molecule has 2 aromatic heterocycles. The summed E-state index contributed by atoms with van der Waals surface area (Å²) >= 11 is 0. The van der Waals surface area contributed by atoms with E-state index in [0.717, 1.165) is 24.3 Å². The fraction of sp³-hybridized carbons (Fsp3) is 0.0526. The third-order valence-electron chi connectivity index (χ3n) is 4.12. The van der Waals surface area contributed by atoms with Crippen molar-refractivity contribution in [3.05, 3.63) is 78.1 Å². The second-order valence-electron chi connectivity index (χ2n) is 6.15. The molecule has 0 spiro atoms. The maximum absolute atomic E-state index is 13.7. The number of nitrogens with zero attached hydrogens (tertiary/aromatic N) is 4. The molecule has 4 rings (SSSR count). The number of hydrogen-bond acceptors (Lipinski definition) is 4. The molecule has 2 aromatic carbocycles. The third kappa shape index (κ3) is 3.77. The van der Waals surface area contributed by atoms with E-state index in [9.17, 15) is 22.4 Å². The van der Waals surface area contributed by atoms with Crippen LogP contribution in [0.5, 0.6) is 0 Å². The average Bonchev–Trinajstić information content (AvgIpc) is 3.39. The van der Waals surface area contributed by atoms with E-state index in [0.29, 0.717) is 16.1 Å². The minimum absolute atomic E-state index is 0.0879. The Bertz CT molecular complexity index is 1180. The maximum atomic E-state index is 13.7. The summed E-state index contributed by atoms with van der Waals surface area (Å²) < 4.78 is 54.6. The van der Waals surface area contributed by atoms with Crippen molar-refractivity contribution in [3.63, 3.8) is 0 Å². The number of carbonyl (C=O) groups excluding carboxylic acids is 1. The number of rotatable bonds is 4. The number of benzene rings is 2. The quantitative estimate of drug-likeness (QED) is 0.491. The Labute approximate surface area is 166 Å². The summed E-state index contributed by atoms with van der Waals surface area (Å²) in [5.74, 6) is -1.18. The van der Waals surface area contributed by atoms with Crippen LogP contribution in [-0.4, -0.2) is 30.9 Å². The summed E-state index contributed by atoms with van der Waals surface area (Å²) in [6.07, 6.45) is -1.77. The first-order chi connectivity index (χ1) is 14.3. The summed E-state index contributed by atoms with van der Waals surface area (Å²) in [6.45, 7) is 0. The minimum Gasteiger partial charge on any atom is -0.345 e. The van der Waals surface area contributed by atoms with E-state index in [1.807, 2.05) is 0 Å². The molecule has 0 aliphatic heterocycles. The zero-order valence-corrected chi connectivity index (χ0v) is 15.0. The molecule has 0 saturated carbocycles. The lowest BCUT2D eigenvalue weighted by atomic mass is 10.2. The van der Waals surface area contributed by atoms with Crippen LogP contribution in [0.25, 0.3) is 17.1 Å². The van der Waals surface area contributed by atoms with Gasteiger partial charge < -0.3 is 10.3 Å². The van der Waals surface area contributed by atoms with Gasteiger partial charge in [-0.3, -0.25) is 4.79 Å². The molecule has 0 aliphatic carbocycles. The Balaban J connectivity index is 1.68. The van der Waals surface area contributed by atoms with Crippen LogP contribution in [0, 0.1) is 5.82 Å². The Morgan fingerprint density at radius 3 is 2.53 bits per heavy atom. The molecule has 4 aromatic rings. The Hall–Kier alpha value is -4.02. The van der Waals surface area contributed by atoms with E-state index in [2.05, 4.69) is 25.6 Å². The average molecular weight is 416 g/mol. The van der Waals surface area contributed by atoms with Gasteiger partial charge in [-0.25, -0.2) is 14.1 Å². The van der Waals surface area contributed by atoms with E-state index in [1.54, 1.807) is 30.6 Å². The lowest BCUT2D eigenvalue weighted by molar-refractivity contribution is -0.143. The number of carbonyl (C=O) groups is 1. The van der Waals surface area contributed by atoms with Crippen molar-refractivity contribution in [1.29, 1.82) is 0 Å². The monoisotopic (exact) mass is 416 g/mol. The maximum Gasteiger partial charge on any atom is 0.435 e. The SMILES string of the molecule is O=C(Nc1cccc(-c2ncc[nH]2)c1)c1nnn(-c2ccc(F)cc2)c1C(F)(F)F. The first-order valence-corrected chi connectivity index (χ1v) is 8.53. The van der Waals surface area contributed by atoms with Crippen molar-refractivity contribution < 1.29 is 22.4 Å². The Morgan fingerprint density at radius 2 is 1.87 bits per heavy atom. The largest absolute Gasteiger partial charge is 0.435 e. The highest BCUT2D eigenvalue weighted by Gasteiger charge is 2.42. The van der Waals surface area contributed by atoms with Crippen molar-refractivity contribution in [2.24, 2.45) is 0 Å². The third-order valence-corrected chi connectivity index (χ3v) is 4.12. The lowest BCUT2D eigenvalue weighted by Gasteiger charge is -2.11. The first kappa shape index (κ1) is 19.3. The molecule has 7 nitrogen and oxygen atoms in total.